The topological polar surface area (TPSA) is 44.7 Å². The van der Waals surface area contributed by atoms with Gasteiger partial charge in [-0.25, -0.2) is 0 Å². The van der Waals surface area contributed by atoms with Crippen molar-refractivity contribution in [1.82, 2.24) is 5.32 Å². The standard InChI is InChI=1S/C20H26N2O2/c1-15-10-11-16-6-3-4-8-18(16)22(15)13-12-21-14-17-7-5-9-19(23)20(17)24-2/h3-9,15,21,23H,10-14H2,1-2H3. The molecular weight excluding hydrogens is 300 g/mol. The van der Waals surface area contributed by atoms with Crippen LogP contribution in [0, 0.1) is 0 Å². The molecule has 0 saturated carbocycles. The number of phenols is 1. The normalized spacial score (nSPS) is 16.8. The van der Waals surface area contributed by atoms with Crippen LogP contribution in [0.3, 0.4) is 0 Å². The molecule has 3 rings (SSSR count). The van der Waals surface area contributed by atoms with Crippen molar-refractivity contribution in [2.45, 2.75) is 32.4 Å². The molecule has 4 heteroatoms. The summed E-state index contributed by atoms with van der Waals surface area (Å²) >= 11 is 0. The average Bonchev–Trinajstić information content (AvgIpc) is 2.60. The van der Waals surface area contributed by atoms with Crippen molar-refractivity contribution in [3.05, 3.63) is 53.6 Å². The third-order valence-corrected chi connectivity index (χ3v) is 4.79. The molecule has 0 bridgehead atoms. The third kappa shape index (κ3) is 3.49. The van der Waals surface area contributed by atoms with Gasteiger partial charge < -0.3 is 20.1 Å². The molecule has 24 heavy (non-hydrogen) atoms. The molecule has 128 valence electrons. The summed E-state index contributed by atoms with van der Waals surface area (Å²) in [5, 5.41) is 13.3. The number of para-hydroxylation sites is 2. The number of anilines is 1. The molecule has 1 atom stereocenters. The number of nitrogens with one attached hydrogen (secondary N) is 1. The summed E-state index contributed by atoms with van der Waals surface area (Å²) in [6.07, 6.45) is 2.37. The minimum Gasteiger partial charge on any atom is -0.504 e. The van der Waals surface area contributed by atoms with Gasteiger partial charge in [-0.3, -0.25) is 0 Å². The lowest BCUT2D eigenvalue weighted by Gasteiger charge is -2.37. The molecule has 0 aliphatic carbocycles. The third-order valence-electron chi connectivity index (χ3n) is 4.79. The molecule has 0 radical (unpaired) electrons. The largest absolute Gasteiger partial charge is 0.504 e. The maximum absolute atomic E-state index is 9.83. The first-order valence-corrected chi connectivity index (χ1v) is 8.61. The lowest BCUT2D eigenvalue weighted by atomic mass is 9.97. The highest BCUT2D eigenvalue weighted by molar-refractivity contribution is 5.56. The van der Waals surface area contributed by atoms with Crippen LogP contribution >= 0.6 is 0 Å². The fourth-order valence-electron chi connectivity index (χ4n) is 3.47. The first-order chi connectivity index (χ1) is 11.7. The van der Waals surface area contributed by atoms with Crippen molar-refractivity contribution in [3.63, 3.8) is 0 Å². The number of benzene rings is 2. The van der Waals surface area contributed by atoms with Gasteiger partial charge in [-0.2, -0.15) is 0 Å². The summed E-state index contributed by atoms with van der Waals surface area (Å²) in [6.45, 7) is 4.84. The summed E-state index contributed by atoms with van der Waals surface area (Å²) in [7, 11) is 1.59. The van der Waals surface area contributed by atoms with E-state index in [-0.39, 0.29) is 5.75 Å². The summed E-state index contributed by atoms with van der Waals surface area (Å²) < 4.78 is 5.29. The molecule has 1 aliphatic heterocycles. The van der Waals surface area contributed by atoms with Crippen LogP contribution < -0.4 is 15.0 Å². The number of rotatable bonds is 6. The van der Waals surface area contributed by atoms with Crippen LogP contribution in [0.25, 0.3) is 0 Å². The van der Waals surface area contributed by atoms with Gasteiger partial charge in [0.2, 0.25) is 0 Å². The summed E-state index contributed by atoms with van der Waals surface area (Å²) in [4.78, 5) is 2.49. The number of aryl methyl sites for hydroxylation is 1. The molecule has 0 saturated heterocycles. The maximum atomic E-state index is 9.83. The van der Waals surface area contributed by atoms with E-state index in [0.717, 1.165) is 18.7 Å². The Morgan fingerprint density at radius 2 is 2.04 bits per heavy atom. The Kier molecular flexibility index (Phi) is 5.26. The fraction of sp³-hybridized carbons (Fsp3) is 0.400. The van der Waals surface area contributed by atoms with Crippen LogP contribution in [0.15, 0.2) is 42.5 Å². The zero-order chi connectivity index (χ0) is 16.9. The number of nitrogens with zero attached hydrogens (tertiary/aromatic N) is 1. The summed E-state index contributed by atoms with van der Waals surface area (Å²) in [5.74, 6) is 0.747. The number of aromatic hydroxyl groups is 1. The Hall–Kier alpha value is -2.20. The van der Waals surface area contributed by atoms with Crippen LogP contribution in [0.4, 0.5) is 5.69 Å². The van der Waals surface area contributed by atoms with Gasteiger partial charge in [0.15, 0.2) is 11.5 Å². The summed E-state index contributed by atoms with van der Waals surface area (Å²) in [5.41, 5.74) is 3.79. The molecular formula is C20H26N2O2. The number of hydrogen-bond acceptors (Lipinski definition) is 4. The number of hydrogen-bond donors (Lipinski definition) is 2. The molecule has 0 amide bonds. The van der Waals surface area contributed by atoms with E-state index in [1.165, 1.54) is 24.1 Å². The lowest BCUT2D eigenvalue weighted by Crippen LogP contribution is -2.41. The van der Waals surface area contributed by atoms with E-state index in [2.05, 4.69) is 41.4 Å². The van der Waals surface area contributed by atoms with Gasteiger partial charge in [0.25, 0.3) is 0 Å². The number of phenolic OH excluding ortho intramolecular Hbond substituents is 1. The van der Waals surface area contributed by atoms with Crippen LogP contribution in [0.1, 0.15) is 24.5 Å². The molecule has 0 spiro atoms. The Balaban J connectivity index is 1.58. The van der Waals surface area contributed by atoms with Gasteiger partial charge in [0.05, 0.1) is 7.11 Å². The molecule has 1 unspecified atom stereocenters. The monoisotopic (exact) mass is 326 g/mol. The van der Waals surface area contributed by atoms with E-state index in [4.69, 9.17) is 4.74 Å². The minimum absolute atomic E-state index is 0.190. The predicted octanol–water partition coefficient (Wildman–Crippen LogP) is 3.33. The van der Waals surface area contributed by atoms with Gasteiger partial charge in [0, 0.05) is 36.9 Å². The molecule has 2 N–H and O–H groups in total. The molecule has 2 aromatic carbocycles. The Labute approximate surface area is 144 Å². The molecule has 1 aliphatic rings. The second-order valence-electron chi connectivity index (χ2n) is 6.36. The Morgan fingerprint density at radius 1 is 1.21 bits per heavy atom. The van der Waals surface area contributed by atoms with Crippen molar-refractivity contribution < 1.29 is 9.84 Å². The van der Waals surface area contributed by atoms with Gasteiger partial charge >= 0.3 is 0 Å². The first-order valence-electron chi connectivity index (χ1n) is 8.61. The first kappa shape index (κ1) is 16.7. The Bertz CT molecular complexity index is 687. The fourth-order valence-corrected chi connectivity index (χ4v) is 3.47. The molecule has 0 aromatic heterocycles. The highest BCUT2D eigenvalue weighted by Gasteiger charge is 2.21. The highest BCUT2D eigenvalue weighted by Crippen LogP contribution is 2.30. The zero-order valence-electron chi connectivity index (χ0n) is 14.5. The van der Waals surface area contributed by atoms with Crippen LogP contribution in [0.5, 0.6) is 11.5 Å². The maximum Gasteiger partial charge on any atom is 0.164 e. The molecule has 4 nitrogen and oxygen atoms in total. The van der Waals surface area contributed by atoms with Gasteiger partial charge in [-0.05, 0) is 37.5 Å². The van der Waals surface area contributed by atoms with Crippen LogP contribution in [-0.2, 0) is 13.0 Å². The smallest absolute Gasteiger partial charge is 0.164 e. The van der Waals surface area contributed by atoms with Crippen molar-refractivity contribution in [2.75, 3.05) is 25.1 Å². The molecule has 2 aromatic rings. The number of methoxy groups -OCH3 is 1. The van der Waals surface area contributed by atoms with Gasteiger partial charge in [-0.1, -0.05) is 30.3 Å². The second-order valence-corrected chi connectivity index (χ2v) is 6.36. The van der Waals surface area contributed by atoms with Gasteiger partial charge in [0.1, 0.15) is 0 Å². The van der Waals surface area contributed by atoms with Crippen LogP contribution in [-0.4, -0.2) is 31.3 Å². The summed E-state index contributed by atoms with van der Waals surface area (Å²) in [6, 6.07) is 14.7. The number of ether oxygens (including phenoxy) is 1. The predicted molar refractivity (Wildman–Crippen MR) is 97.9 cm³/mol. The zero-order valence-corrected chi connectivity index (χ0v) is 14.5. The Morgan fingerprint density at radius 3 is 2.88 bits per heavy atom. The van der Waals surface area contributed by atoms with Gasteiger partial charge in [-0.15, -0.1) is 0 Å². The minimum atomic E-state index is 0.190. The number of fused-ring (bicyclic) bond motifs is 1. The van der Waals surface area contributed by atoms with E-state index < -0.39 is 0 Å². The van der Waals surface area contributed by atoms with E-state index in [9.17, 15) is 5.11 Å². The second kappa shape index (κ2) is 7.58. The van der Waals surface area contributed by atoms with E-state index in [1.807, 2.05) is 12.1 Å². The van der Waals surface area contributed by atoms with Crippen LogP contribution in [0.2, 0.25) is 0 Å². The SMILES string of the molecule is COc1c(O)cccc1CNCCN1c2ccccc2CCC1C. The molecule has 1 heterocycles. The van der Waals surface area contributed by atoms with Crippen molar-refractivity contribution in [3.8, 4) is 11.5 Å². The lowest BCUT2D eigenvalue weighted by molar-refractivity contribution is 0.368. The van der Waals surface area contributed by atoms with Crippen molar-refractivity contribution in [1.29, 1.82) is 0 Å². The average molecular weight is 326 g/mol. The van der Waals surface area contributed by atoms with E-state index in [0.29, 0.717) is 18.3 Å². The van der Waals surface area contributed by atoms with E-state index >= 15 is 0 Å². The highest BCUT2D eigenvalue weighted by atomic mass is 16.5. The van der Waals surface area contributed by atoms with E-state index in [1.54, 1.807) is 13.2 Å². The van der Waals surface area contributed by atoms with Crippen molar-refractivity contribution in [2.24, 2.45) is 0 Å². The quantitative estimate of drug-likeness (QED) is 0.799. The van der Waals surface area contributed by atoms with Crippen molar-refractivity contribution >= 4 is 5.69 Å². The molecule has 0 fully saturated rings.